The van der Waals surface area contributed by atoms with E-state index in [0.29, 0.717) is 17.3 Å². The van der Waals surface area contributed by atoms with Gasteiger partial charge in [0.2, 0.25) is 10.0 Å². The molecule has 0 aliphatic carbocycles. The zero-order valence-electron chi connectivity index (χ0n) is 11.9. The number of ether oxygens (including phenoxy) is 2. The summed E-state index contributed by atoms with van der Waals surface area (Å²) in [6.07, 6.45) is 0. The molecule has 1 fully saturated rings. The number of hydrogen-bond acceptors (Lipinski definition) is 6. The second-order valence-corrected chi connectivity index (χ2v) is 8.10. The highest BCUT2D eigenvalue weighted by atomic mass is 32.2. The molecule has 7 nitrogen and oxygen atoms in total. The molecule has 1 heterocycles. The quantitative estimate of drug-likeness (QED) is 0.781. The standard InChI is InChI=1S/C12H18N2O5S2/c1-18-10-8-11(19-2)12(7-9(10)13)21(16,17)14-3-5-20(15)6-4-14/h7-8H,3-6,13H2,1-2H3. The third-order valence-corrected chi connectivity index (χ3v) is 6.47. The Balaban J connectivity index is 2.44. The van der Waals surface area contributed by atoms with Gasteiger partial charge >= 0.3 is 0 Å². The Morgan fingerprint density at radius 2 is 1.71 bits per heavy atom. The van der Waals surface area contributed by atoms with Gasteiger partial charge in [-0.1, -0.05) is 0 Å². The van der Waals surface area contributed by atoms with Crippen LogP contribution < -0.4 is 15.2 Å². The number of nitrogen functional groups attached to an aromatic ring is 1. The van der Waals surface area contributed by atoms with E-state index in [1.54, 1.807) is 0 Å². The van der Waals surface area contributed by atoms with Crippen LogP contribution in [0.5, 0.6) is 11.5 Å². The van der Waals surface area contributed by atoms with E-state index in [2.05, 4.69) is 0 Å². The van der Waals surface area contributed by atoms with Gasteiger partial charge in [-0.2, -0.15) is 4.31 Å². The number of sulfonamides is 1. The van der Waals surface area contributed by atoms with Gasteiger partial charge in [0.15, 0.2) is 0 Å². The predicted molar refractivity (Wildman–Crippen MR) is 80.6 cm³/mol. The fraction of sp³-hybridized carbons (Fsp3) is 0.500. The minimum atomic E-state index is -3.74. The van der Waals surface area contributed by atoms with E-state index in [0.717, 1.165) is 0 Å². The highest BCUT2D eigenvalue weighted by Gasteiger charge is 2.31. The third-order valence-electron chi connectivity index (χ3n) is 3.27. The molecule has 1 aromatic rings. The average Bonchev–Trinajstić information content (AvgIpc) is 2.47. The highest BCUT2D eigenvalue weighted by Crippen LogP contribution is 2.35. The third kappa shape index (κ3) is 3.14. The van der Waals surface area contributed by atoms with Crippen molar-refractivity contribution < 1.29 is 22.1 Å². The normalized spacial score (nSPS) is 17.6. The van der Waals surface area contributed by atoms with Gasteiger partial charge in [0.1, 0.15) is 16.4 Å². The Morgan fingerprint density at radius 1 is 1.14 bits per heavy atom. The van der Waals surface area contributed by atoms with Gasteiger partial charge in [-0.15, -0.1) is 0 Å². The average molecular weight is 334 g/mol. The molecule has 1 saturated heterocycles. The van der Waals surface area contributed by atoms with E-state index < -0.39 is 20.8 Å². The molecule has 0 radical (unpaired) electrons. The Bertz CT molecular complexity index is 650. The Kier molecular flexibility index (Phi) is 4.74. The van der Waals surface area contributed by atoms with Crippen LogP contribution in [0.25, 0.3) is 0 Å². The lowest BCUT2D eigenvalue weighted by atomic mass is 10.3. The number of nitrogens with two attached hydrogens (primary N) is 1. The van der Waals surface area contributed by atoms with E-state index in [1.807, 2.05) is 0 Å². The minimum absolute atomic E-state index is 0.00372. The van der Waals surface area contributed by atoms with Gasteiger partial charge in [-0.3, -0.25) is 4.21 Å². The fourth-order valence-electron chi connectivity index (χ4n) is 2.10. The van der Waals surface area contributed by atoms with Crippen LogP contribution in [0.2, 0.25) is 0 Å². The Hall–Kier alpha value is -1.32. The van der Waals surface area contributed by atoms with Crippen LogP contribution in [0.3, 0.4) is 0 Å². The van der Waals surface area contributed by atoms with Crippen LogP contribution in [0.4, 0.5) is 5.69 Å². The SMILES string of the molecule is COc1cc(OC)c(S(=O)(=O)N2CCS(=O)CC2)cc1N. The van der Waals surface area contributed by atoms with Crippen LogP contribution in [0.15, 0.2) is 17.0 Å². The number of hydrogen-bond donors (Lipinski definition) is 1. The first kappa shape index (κ1) is 16.1. The van der Waals surface area contributed by atoms with Gasteiger partial charge in [0.25, 0.3) is 0 Å². The lowest BCUT2D eigenvalue weighted by molar-refractivity contribution is 0.382. The van der Waals surface area contributed by atoms with E-state index in [-0.39, 0.29) is 29.4 Å². The lowest BCUT2D eigenvalue weighted by Crippen LogP contribution is -2.41. The molecular weight excluding hydrogens is 316 g/mol. The summed E-state index contributed by atoms with van der Waals surface area (Å²) in [5, 5.41) is 0. The monoisotopic (exact) mass is 334 g/mol. The van der Waals surface area contributed by atoms with Crippen molar-refractivity contribution in [3.63, 3.8) is 0 Å². The fourth-order valence-corrected chi connectivity index (χ4v) is 4.99. The molecule has 0 aromatic heterocycles. The summed E-state index contributed by atoms with van der Waals surface area (Å²) in [4.78, 5) is -0.00372. The van der Waals surface area contributed by atoms with Crippen molar-refractivity contribution in [1.29, 1.82) is 0 Å². The van der Waals surface area contributed by atoms with Crippen LogP contribution >= 0.6 is 0 Å². The van der Waals surface area contributed by atoms with Crippen LogP contribution in [-0.4, -0.2) is 55.7 Å². The van der Waals surface area contributed by atoms with Crippen LogP contribution in [0, 0.1) is 0 Å². The molecule has 0 amide bonds. The molecule has 9 heteroatoms. The van der Waals surface area contributed by atoms with Gasteiger partial charge < -0.3 is 15.2 Å². The first-order valence-electron chi connectivity index (χ1n) is 6.26. The molecule has 2 rings (SSSR count). The summed E-state index contributed by atoms with van der Waals surface area (Å²) in [6, 6.07) is 2.78. The van der Waals surface area contributed by atoms with E-state index in [1.165, 1.54) is 30.7 Å². The van der Waals surface area contributed by atoms with Crippen LogP contribution in [0.1, 0.15) is 0 Å². The first-order valence-corrected chi connectivity index (χ1v) is 9.19. The largest absolute Gasteiger partial charge is 0.495 e. The number of benzene rings is 1. The molecular formula is C12H18N2O5S2. The lowest BCUT2D eigenvalue weighted by Gasteiger charge is -2.26. The number of methoxy groups -OCH3 is 2. The molecule has 0 bridgehead atoms. The zero-order valence-corrected chi connectivity index (χ0v) is 13.5. The molecule has 2 N–H and O–H groups in total. The summed E-state index contributed by atoms with van der Waals surface area (Å²) in [5.74, 6) is 1.21. The smallest absolute Gasteiger partial charge is 0.246 e. The number of anilines is 1. The second kappa shape index (κ2) is 6.20. The zero-order chi connectivity index (χ0) is 15.6. The Labute approximate surface area is 126 Å². The van der Waals surface area contributed by atoms with Gasteiger partial charge in [0.05, 0.1) is 19.9 Å². The molecule has 1 aromatic carbocycles. The first-order chi connectivity index (χ1) is 9.90. The van der Waals surface area contributed by atoms with Crippen molar-refractivity contribution in [2.45, 2.75) is 4.90 Å². The maximum absolute atomic E-state index is 12.7. The van der Waals surface area contributed by atoms with E-state index in [9.17, 15) is 12.6 Å². The van der Waals surface area contributed by atoms with Crippen molar-refractivity contribution in [1.82, 2.24) is 4.31 Å². The van der Waals surface area contributed by atoms with Gasteiger partial charge in [-0.25, -0.2) is 8.42 Å². The predicted octanol–water partition coefficient (Wildman–Crippen LogP) is 0.0390. The number of rotatable bonds is 4. The highest BCUT2D eigenvalue weighted by molar-refractivity contribution is 7.89. The molecule has 0 atom stereocenters. The molecule has 0 spiro atoms. The summed E-state index contributed by atoms with van der Waals surface area (Å²) >= 11 is 0. The summed E-state index contributed by atoms with van der Waals surface area (Å²) in [6.45, 7) is 0.452. The van der Waals surface area contributed by atoms with Crippen molar-refractivity contribution in [3.05, 3.63) is 12.1 Å². The molecule has 1 aliphatic rings. The van der Waals surface area contributed by atoms with E-state index >= 15 is 0 Å². The summed E-state index contributed by atoms with van der Waals surface area (Å²) in [5.41, 5.74) is 6.01. The summed E-state index contributed by atoms with van der Waals surface area (Å²) in [7, 11) is -1.86. The van der Waals surface area contributed by atoms with E-state index in [4.69, 9.17) is 15.2 Å². The van der Waals surface area contributed by atoms with Crippen LogP contribution in [-0.2, 0) is 20.8 Å². The molecule has 21 heavy (non-hydrogen) atoms. The van der Waals surface area contributed by atoms with Crippen molar-refractivity contribution in [2.24, 2.45) is 0 Å². The second-order valence-electron chi connectivity index (χ2n) is 4.50. The van der Waals surface area contributed by atoms with Gasteiger partial charge in [-0.05, 0) is 6.07 Å². The summed E-state index contributed by atoms with van der Waals surface area (Å²) < 4.78 is 48.2. The maximum Gasteiger partial charge on any atom is 0.246 e. The topological polar surface area (TPSA) is 98.9 Å². The molecule has 118 valence electrons. The number of nitrogens with zero attached hydrogens (tertiary/aromatic N) is 1. The van der Waals surface area contributed by atoms with Crippen molar-refractivity contribution in [3.8, 4) is 11.5 Å². The van der Waals surface area contributed by atoms with Crippen molar-refractivity contribution >= 4 is 26.5 Å². The molecule has 1 aliphatic heterocycles. The minimum Gasteiger partial charge on any atom is -0.495 e. The maximum atomic E-state index is 12.7. The molecule has 0 unspecified atom stereocenters. The Morgan fingerprint density at radius 3 is 2.24 bits per heavy atom. The molecule has 0 saturated carbocycles. The van der Waals surface area contributed by atoms with Crippen molar-refractivity contribution in [2.75, 3.05) is 44.5 Å². The van der Waals surface area contributed by atoms with Gasteiger partial charge in [0, 0.05) is 41.5 Å².